The minimum Gasteiger partial charge on any atom is -0.493 e. The molecule has 7 heteroatoms. The molecule has 1 atom stereocenters. The Kier molecular flexibility index (Phi) is 5.12. The zero-order chi connectivity index (χ0) is 20.5. The average Bonchev–Trinajstić information content (AvgIpc) is 3.23. The van der Waals surface area contributed by atoms with Gasteiger partial charge in [-0.1, -0.05) is 25.1 Å². The Balaban J connectivity index is 1.32. The topological polar surface area (TPSA) is 71.8 Å². The van der Waals surface area contributed by atoms with Gasteiger partial charge in [0.2, 0.25) is 0 Å². The van der Waals surface area contributed by atoms with Crippen molar-refractivity contribution in [2.24, 2.45) is 0 Å². The van der Waals surface area contributed by atoms with E-state index in [1.807, 2.05) is 36.4 Å². The van der Waals surface area contributed by atoms with Crippen molar-refractivity contribution in [3.63, 3.8) is 0 Å². The van der Waals surface area contributed by atoms with Crippen molar-refractivity contribution >= 4 is 11.6 Å². The molecule has 0 radical (unpaired) electrons. The highest BCUT2D eigenvalue weighted by Gasteiger charge is 2.25. The molecule has 30 heavy (non-hydrogen) atoms. The first-order chi connectivity index (χ1) is 14.7. The van der Waals surface area contributed by atoms with E-state index in [1.54, 1.807) is 10.7 Å². The van der Waals surface area contributed by atoms with Gasteiger partial charge in [0.25, 0.3) is 5.91 Å². The van der Waals surface area contributed by atoms with Crippen LogP contribution in [0.4, 0.5) is 0 Å². The zero-order valence-electron chi connectivity index (χ0n) is 17.3. The number of nitrogens with zero attached hydrogens (tertiary/aromatic N) is 4. The van der Waals surface area contributed by atoms with Gasteiger partial charge < -0.3 is 15.0 Å². The maximum atomic E-state index is 12.9. The van der Waals surface area contributed by atoms with Crippen LogP contribution in [0.25, 0.3) is 5.65 Å². The number of carbonyl (C=O) groups excluding carboxylic acids is 1. The zero-order valence-corrected chi connectivity index (χ0v) is 17.3. The van der Waals surface area contributed by atoms with Crippen LogP contribution in [0.5, 0.6) is 5.75 Å². The van der Waals surface area contributed by atoms with Crippen molar-refractivity contribution < 1.29 is 9.53 Å². The summed E-state index contributed by atoms with van der Waals surface area (Å²) in [6, 6.07) is 11.5. The summed E-state index contributed by atoms with van der Waals surface area (Å²) >= 11 is 0. The first-order valence-electron chi connectivity index (χ1n) is 10.8. The highest BCUT2D eigenvalue weighted by molar-refractivity contribution is 5.94. The molecule has 1 saturated heterocycles. The Morgan fingerprint density at radius 3 is 2.83 bits per heavy atom. The molecular weight excluding hydrogens is 378 g/mol. The number of rotatable bonds is 4. The first kappa shape index (κ1) is 19.1. The molecule has 0 unspecified atom stereocenters. The van der Waals surface area contributed by atoms with Crippen LogP contribution < -0.4 is 10.1 Å². The highest BCUT2D eigenvalue weighted by Crippen LogP contribution is 2.31. The molecule has 0 bridgehead atoms. The predicted molar refractivity (Wildman–Crippen MR) is 114 cm³/mol. The molecule has 1 amide bonds. The van der Waals surface area contributed by atoms with Crippen LogP contribution in [0.3, 0.4) is 0 Å². The van der Waals surface area contributed by atoms with Crippen molar-refractivity contribution in [3.05, 3.63) is 59.5 Å². The summed E-state index contributed by atoms with van der Waals surface area (Å²) in [6.07, 6.45) is 4.71. The van der Waals surface area contributed by atoms with Gasteiger partial charge in [0.15, 0.2) is 11.5 Å². The maximum Gasteiger partial charge on any atom is 0.253 e. The third-order valence-corrected chi connectivity index (χ3v) is 6.27. The second-order valence-electron chi connectivity index (χ2n) is 8.10. The number of para-hydroxylation sites is 1. The van der Waals surface area contributed by atoms with Gasteiger partial charge in [0.05, 0.1) is 18.2 Å². The first-order valence-corrected chi connectivity index (χ1v) is 10.8. The number of carbonyl (C=O) groups is 1. The molecule has 156 valence electrons. The van der Waals surface area contributed by atoms with Crippen molar-refractivity contribution in [3.8, 4) is 5.75 Å². The molecule has 1 N–H and O–H groups in total. The molecule has 4 heterocycles. The molecule has 2 aliphatic heterocycles. The molecule has 0 aliphatic carbocycles. The van der Waals surface area contributed by atoms with Gasteiger partial charge in [0.1, 0.15) is 5.75 Å². The number of nitrogens with one attached hydrogen (secondary N) is 1. The Labute approximate surface area is 176 Å². The minimum absolute atomic E-state index is 0.0480. The second-order valence-corrected chi connectivity index (χ2v) is 8.10. The number of likely N-dealkylation sites (tertiary alicyclic amines) is 1. The van der Waals surface area contributed by atoms with Crippen molar-refractivity contribution in [2.45, 2.75) is 38.1 Å². The van der Waals surface area contributed by atoms with E-state index in [1.165, 1.54) is 0 Å². The Morgan fingerprint density at radius 2 is 2.00 bits per heavy atom. The van der Waals surface area contributed by atoms with E-state index in [9.17, 15) is 4.79 Å². The van der Waals surface area contributed by atoms with Crippen LogP contribution in [-0.2, 0) is 0 Å². The molecule has 2 aliphatic rings. The maximum absolute atomic E-state index is 12.9. The summed E-state index contributed by atoms with van der Waals surface area (Å²) < 4.78 is 7.44. The number of benzene rings is 1. The fraction of sp³-hybridized carbons (Fsp3) is 0.435. The van der Waals surface area contributed by atoms with Crippen molar-refractivity contribution in [1.82, 2.24) is 24.8 Å². The average molecular weight is 406 g/mol. The standard InChI is InChI=1S/C23H27N5O2/c1-2-27-12-9-16(10-13-27)22-25-21-8-7-17(15-28(21)26-22)23(29)24-19-11-14-30-20-6-4-3-5-18(19)20/h3-8,15-16,19H,2,9-14H2,1H3,(H,24,29)/t19-/m0/s1. The van der Waals surface area contributed by atoms with E-state index in [2.05, 4.69) is 17.1 Å². The summed E-state index contributed by atoms with van der Waals surface area (Å²) in [4.78, 5) is 20.1. The van der Waals surface area contributed by atoms with Crippen LogP contribution in [-0.4, -0.2) is 51.6 Å². The fourth-order valence-electron chi connectivity index (χ4n) is 4.45. The molecule has 1 aromatic carbocycles. The molecule has 2 aromatic heterocycles. The summed E-state index contributed by atoms with van der Waals surface area (Å²) in [5.74, 6) is 2.02. The van der Waals surface area contributed by atoms with E-state index in [-0.39, 0.29) is 11.9 Å². The van der Waals surface area contributed by atoms with E-state index in [4.69, 9.17) is 14.8 Å². The van der Waals surface area contributed by atoms with Crippen LogP contribution in [0.2, 0.25) is 0 Å². The highest BCUT2D eigenvalue weighted by atomic mass is 16.5. The number of hydrogen-bond donors (Lipinski definition) is 1. The number of pyridine rings is 1. The van der Waals surface area contributed by atoms with Crippen LogP contribution in [0, 0.1) is 0 Å². The quantitative estimate of drug-likeness (QED) is 0.722. The summed E-state index contributed by atoms with van der Waals surface area (Å²) in [5, 5.41) is 7.85. The molecule has 0 spiro atoms. The molecular formula is C23H27N5O2. The van der Waals surface area contributed by atoms with Gasteiger partial charge in [-0.15, -0.1) is 0 Å². The summed E-state index contributed by atoms with van der Waals surface area (Å²) in [7, 11) is 0. The van der Waals surface area contributed by atoms with Crippen LogP contribution in [0.15, 0.2) is 42.6 Å². The number of aromatic nitrogens is 3. The monoisotopic (exact) mass is 405 g/mol. The lowest BCUT2D eigenvalue weighted by molar-refractivity contribution is 0.0924. The van der Waals surface area contributed by atoms with Gasteiger partial charge in [0, 0.05) is 24.1 Å². The van der Waals surface area contributed by atoms with E-state index < -0.39 is 0 Å². The van der Waals surface area contributed by atoms with E-state index in [0.717, 1.165) is 61.7 Å². The number of fused-ring (bicyclic) bond motifs is 2. The van der Waals surface area contributed by atoms with Crippen LogP contribution in [0.1, 0.15) is 59.9 Å². The summed E-state index contributed by atoms with van der Waals surface area (Å²) in [5.41, 5.74) is 2.40. The molecule has 1 fully saturated rings. The van der Waals surface area contributed by atoms with Crippen molar-refractivity contribution in [1.29, 1.82) is 0 Å². The largest absolute Gasteiger partial charge is 0.493 e. The van der Waals surface area contributed by atoms with Gasteiger partial charge in [-0.3, -0.25) is 4.79 Å². The Hall–Kier alpha value is -2.93. The summed E-state index contributed by atoms with van der Waals surface area (Å²) in [6.45, 7) is 6.09. The Bertz CT molecular complexity index is 1050. The lowest BCUT2D eigenvalue weighted by Crippen LogP contribution is -2.32. The van der Waals surface area contributed by atoms with E-state index >= 15 is 0 Å². The predicted octanol–water partition coefficient (Wildman–Crippen LogP) is 3.18. The fourth-order valence-corrected chi connectivity index (χ4v) is 4.45. The number of ether oxygens (including phenoxy) is 1. The smallest absolute Gasteiger partial charge is 0.253 e. The van der Waals surface area contributed by atoms with Crippen molar-refractivity contribution in [2.75, 3.05) is 26.2 Å². The second kappa shape index (κ2) is 8.07. The SMILES string of the molecule is CCN1CCC(c2nc3ccc(C(=O)N[C@H]4CCOc5ccccc54)cn3n2)CC1. The molecule has 5 rings (SSSR count). The number of piperidine rings is 1. The van der Waals surface area contributed by atoms with Crippen LogP contribution >= 0.6 is 0 Å². The van der Waals surface area contributed by atoms with Gasteiger partial charge in [-0.25, -0.2) is 9.50 Å². The normalized spacial score (nSPS) is 20.0. The van der Waals surface area contributed by atoms with Gasteiger partial charge in [-0.05, 0) is 50.7 Å². The lowest BCUT2D eigenvalue weighted by Gasteiger charge is -2.29. The van der Waals surface area contributed by atoms with Gasteiger partial charge >= 0.3 is 0 Å². The van der Waals surface area contributed by atoms with E-state index in [0.29, 0.717) is 18.1 Å². The third-order valence-electron chi connectivity index (χ3n) is 6.27. The lowest BCUT2D eigenvalue weighted by atomic mass is 9.96. The van der Waals surface area contributed by atoms with Gasteiger partial charge in [-0.2, -0.15) is 5.10 Å². The molecule has 0 saturated carbocycles. The Morgan fingerprint density at radius 1 is 1.17 bits per heavy atom. The number of amides is 1. The molecule has 3 aromatic rings. The minimum atomic E-state index is -0.105. The molecule has 7 nitrogen and oxygen atoms in total. The third kappa shape index (κ3) is 3.65. The number of hydrogen-bond acceptors (Lipinski definition) is 5.